The average molecular weight is 860 g/mol. The van der Waals surface area contributed by atoms with E-state index < -0.39 is 83.4 Å². The molecule has 61 heavy (non-hydrogen) atoms. The lowest BCUT2D eigenvalue weighted by Gasteiger charge is -2.49. The van der Waals surface area contributed by atoms with Crippen molar-refractivity contribution in [1.29, 1.82) is 0 Å². The number of esters is 2. The molecule has 17 nitrogen and oxygen atoms in total. The molecule has 0 radical (unpaired) electrons. The zero-order chi connectivity index (χ0) is 44.5. The fraction of sp³-hybridized carbons (Fsp3) is 0.372. The van der Waals surface area contributed by atoms with Crippen LogP contribution in [-0.2, 0) is 49.3 Å². The second-order valence-corrected chi connectivity index (χ2v) is 17.1. The molecule has 2 aliphatic rings. The van der Waals surface area contributed by atoms with Gasteiger partial charge in [0.25, 0.3) is 5.91 Å². The molecule has 18 heteroatoms. The molecular formula is C43H49N5O12S. The fourth-order valence-electron chi connectivity index (χ4n) is 6.11. The molecule has 2 heterocycles. The molecule has 0 saturated carbocycles. The van der Waals surface area contributed by atoms with E-state index in [2.05, 4.69) is 16.0 Å². The van der Waals surface area contributed by atoms with Crippen LogP contribution in [0.25, 0.3) is 0 Å². The maximum absolute atomic E-state index is 14.0. The van der Waals surface area contributed by atoms with E-state index in [1.54, 1.807) is 53.7 Å². The third kappa shape index (κ3) is 13.0. The first-order valence-corrected chi connectivity index (χ1v) is 20.3. The molecule has 3 aromatic carbocycles. The van der Waals surface area contributed by atoms with Crippen molar-refractivity contribution in [2.75, 3.05) is 24.3 Å². The zero-order valence-corrected chi connectivity index (χ0v) is 35.4. The number of nitrogens with zero attached hydrogens (tertiary/aromatic N) is 1. The van der Waals surface area contributed by atoms with Crippen LogP contribution in [0.2, 0.25) is 0 Å². The van der Waals surface area contributed by atoms with Gasteiger partial charge in [0, 0.05) is 17.0 Å². The number of carbonyl (C=O) groups is 7. The number of carbonyl (C=O) groups excluding carboxylic acids is 7. The summed E-state index contributed by atoms with van der Waals surface area (Å²) in [5, 5.41) is 6.99. The number of hydrogen-bond acceptors (Lipinski definition) is 13. The highest BCUT2D eigenvalue weighted by Crippen LogP contribution is 2.42. The van der Waals surface area contributed by atoms with Gasteiger partial charge in [0.15, 0.2) is 12.1 Å². The minimum absolute atomic E-state index is 0.0846. The number of alkyl carbamates (subject to hydrolysis) is 1. The topological polar surface area (TPSA) is 231 Å². The van der Waals surface area contributed by atoms with E-state index in [-0.39, 0.29) is 24.5 Å². The Morgan fingerprint density at radius 3 is 1.95 bits per heavy atom. The van der Waals surface area contributed by atoms with Crippen molar-refractivity contribution < 1.29 is 57.2 Å². The van der Waals surface area contributed by atoms with Gasteiger partial charge < -0.3 is 40.1 Å². The Kier molecular flexibility index (Phi) is 14.7. The summed E-state index contributed by atoms with van der Waals surface area (Å²) in [6.45, 7) is 9.01. The molecule has 2 aliphatic heterocycles. The highest BCUT2D eigenvalue weighted by atomic mass is 32.2. The number of thioether (sulfide) groups is 1. The minimum atomic E-state index is -1.36. The van der Waals surface area contributed by atoms with Crippen molar-refractivity contribution in [2.45, 2.75) is 82.7 Å². The van der Waals surface area contributed by atoms with Crippen molar-refractivity contribution in [3.05, 3.63) is 113 Å². The molecule has 3 atom stereocenters. The Hall–Kier alpha value is -6.56. The van der Waals surface area contributed by atoms with Crippen LogP contribution in [0.4, 0.5) is 20.1 Å². The first-order chi connectivity index (χ1) is 28.8. The van der Waals surface area contributed by atoms with E-state index in [1.165, 1.54) is 28.8 Å². The van der Waals surface area contributed by atoms with Gasteiger partial charge in [-0.05, 0) is 70.4 Å². The molecule has 0 aromatic heterocycles. The van der Waals surface area contributed by atoms with Gasteiger partial charge in [-0.15, -0.1) is 11.8 Å². The van der Waals surface area contributed by atoms with Gasteiger partial charge in [0.1, 0.15) is 41.5 Å². The third-order valence-corrected chi connectivity index (χ3v) is 10.0. The quantitative estimate of drug-likeness (QED) is 0.0941. The van der Waals surface area contributed by atoms with Gasteiger partial charge in [-0.3, -0.25) is 19.8 Å². The standard InChI is InChI=1S/C43H49N5O12S/c1-42(2,3)59-37(51)30(46-41(55)60-43(4,5)6)23-57-40(54)45-29-19-17-25(18-20-29)21-31(49)47-32-35(50)48-33(28(22-56-39(44)53)24-61-36(32)48)38(52)58-34(26-13-9-7-10-14-26)27-15-11-8-12-16-27/h7-20,30,32,34,36H,21-24H2,1-6H3,(H2,44,53)(H,45,54)(H,46,55)(H,47,49)/t30-,32-,36+/m1/s1. The average Bonchev–Trinajstić information content (AvgIpc) is 3.19. The van der Waals surface area contributed by atoms with Crippen LogP contribution in [0, 0.1) is 0 Å². The maximum Gasteiger partial charge on any atom is 0.411 e. The molecule has 1 saturated heterocycles. The SMILES string of the molecule is CC(C)(C)OC(=O)N[C@H](COC(=O)Nc1ccc(CC(=O)N[C@@H]2C(=O)N3C(C(=O)OC(c4ccccc4)c4ccccc4)=C(COC(N)=O)CS[C@@H]23)cc1)C(=O)OC(C)(C)C. The summed E-state index contributed by atoms with van der Waals surface area (Å²) < 4.78 is 26.9. The summed E-state index contributed by atoms with van der Waals surface area (Å²) in [7, 11) is 0. The number of β-lactam (4-membered cyclic amide) rings is 1. The van der Waals surface area contributed by atoms with E-state index >= 15 is 0 Å². The van der Waals surface area contributed by atoms with Crippen LogP contribution in [0.5, 0.6) is 0 Å². The van der Waals surface area contributed by atoms with E-state index in [9.17, 15) is 33.6 Å². The van der Waals surface area contributed by atoms with Crippen LogP contribution in [0.1, 0.15) is 64.3 Å². The lowest BCUT2D eigenvalue weighted by molar-refractivity contribution is -0.158. The molecule has 0 aliphatic carbocycles. The van der Waals surface area contributed by atoms with Gasteiger partial charge in [-0.2, -0.15) is 0 Å². The summed E-state index contributed by atoms with van der Waals surface area (Å²) in [5.41, 5.74) is 5.97. The van der Waals surface area contributed by atoms with Gasteiger partial charge in [-0.25, -0.2) is 24.0 Å². The van der Waals surface area contributed by atoms with Crippen molar-refractivity contribution >= 4 is 59.5 Å². The van der Waals surface area contributed by atoms with Crippen molar-refractivity contribution in [1.82, 2.24) is 15.5 Å². The maximum atomic E-state index is 14.0. The lowest BCUT2D eigenvalue weighted by Crippen LogP contribution is -2.70. The van der Waals surface area contributed by atoms with E-state index in [4.69, 9.17) is 29.4 Å². The smallest absolute Gasteiger partial charge is 0.411 e. The fourth-order valence-corrected chi connectivity index (χ4v) is 7.44. The second-order valence-electron chi connectivity index (χ2n) is 16.0. The summed E-state index contributed by atoms with van der Waals surface area (Å²) in [4.78, 5) is 91.5. The van der Waals surface area contributed by atoms with Gasteiger partial charge in [0.2, 0.25) is 5.91 Å². The number of hydrogen-bond donors (Lipinski definition) is 4. The van der Waals surface area contributed by atoms with Crippen LogP contribution >= 0.6 is 11.8 Å². The summed E-state index contributed by atoms with van der Waals surface area (Å²) in [6.07, 6.45) is -3.83. The van der Waals surface area contributed by atoms with E-state index in [0.717, 1.165) is 0 Å². The number of nitrogens with one attached hydrogen (secondary N) is 3. The molecule has 0 unspecified atom stereocenters. The second kappa shape index (κ2) is 19.7. The first kappa shape index (κ1) is 45.5. The third-order valence-electron chi connectivity index (χ3n) is 8.70. The molecule has 5 N–H and O–H groups in total. The lowest BCUT2D eigenvalue weighted by atomic mass is 10.0. The van der Waals surface area contributed by atoms with Crippen molar-refractivity contribution in [3.8, 4) is 0 Å². The van der Waals surface area contributed by atoms with Crippen LogP contribution < -0.4 is 21.7 Å². The minimum Gasteiger partial charge on any atom is -0.458 e. The molecule has 3 aromatic rings. The van der Waals surface area contributed by atoms with Gasteiger partial charge in [0.05, 0.1) is 6.42 Å². The van der Waals surface area contributed by atoms with Crippen LogP contribution in [0.15, 0.2) is 96.2 Å². The Balaban J connectivity index is 1.19. The molecule has 5 amide bonds. The Bertz CT molecular complexity index is 2100. The molecule has 5 rings (SSSR count). The molecular weight excluding hydrogens is 811 g/mol. The summed E-state index contributed by atoms with van der Waals surface area (Å²) in [5.74, 6) is -2.51. The number of amides is 5. The van der Waals surface area contributed by atoms with Crippen LogP contribution in [0.3, 0.4) is 0 Å². The van der Waals surface area contributed by atoms with Crippen LogP contribution in [-0.4, -0.2) is 94.6 Å². The number of fused-ring (bicyclic) bond motifs is 1. The predicted octanol–water partition coefficient (Wildman–Crippen LogP) is 5.09. The summed E-state index contributed by atoms with van der Waals surface area (Å²) in [6, 6.07) is 22.1. The summed E-state index contributed by atoms with van der Waals surface area (Å²) >= 11 is 1.28. The number of ether oxygens (including phenoxy) is 5. The number of benzene rings is 3. The predicted molar refractivity (Wildman–Crippen MR) is 223 cm³/mol. The Morgan fingerprint density at radius 1 is 0.803 bits per heavy atom. The van der Waals surface area contributed by atoms with E-state index in [0.29, 0.717) is 28.0 Å². The number of rotatable bonds is 14. The van der Waals surface area contributed by atoms with Gasteiger partial charge in [-0.1, -0.05) is 72.8 Å². The molecule has 0 bridgehead atoms. The largest absolute Gasteiger partial charge is 0.458 e. The highest BCUT2D eigenvalue weighted by molar-refractivity contribution is 8.00. The Morgan fingerprint density at radius 2 is 1.39 bits per heavy atom. The molecule has 0 spiro atoms. The Labute approximate surface area is 357 Å². The number of nitrogens with two attached hydrogens (primary N) is 1. The monoisotopic (exact) mass is 859 g/mol. The number of anilines is 1. The van der Waals surface area contributed by atoms with Gasteiger partial charge >= 0.3 is 30.2 Å². The molecule has 324 valence electrons. The molecule has 1 fully saturated rings. The number of primary amides is 1. The first-order valence-electron chi connectivity index (χ1n) is 19.2. The normalized spacial score (nSPS) is 16.6. The highest BCUT2D eigenvalue weighted by Gasteiger charge is 2.54. The zero-order valence-electron chi connectivity index (χ0n) is 34.6. The van der Waals surface area contributed by atoms with Crippen molar-refractivity contribution in [2.24, 2.45) is 5.73 Å². The van der Waals surface area contributed by atoms with E-state index in [1.807, 2.05) is 60.7 Å². The van der Waals surface area contributed by atoms with Crippen molar-refractivity contribution in [3.63, 3.8) is 0 Å².